The lowest BCUT2D eigenvalue weighted by Crippen LogP contribution is -2.57. The summed E-state index contributed by atoms with van der Waals surface area (Å²) in [6, 6.07) is 3.51. The third kappa shape index (κ3) is 6.58. The molecule has 5 atom stereocenters. The molecule has 2 fully saturated rings. The number of benzene rings is 1. The Balaban J connectivity index is 1.94. The van der Waals surface area contributed by atoms with Crippen molar-refractivity contribution in [2.45, 2.75) is 89.6 Å². The lowest BCUT2D eigenvalue weighted by Gasteiger charge is -2.35. The molecule has 40 heavy (non-hydrogen) atoms. The van der Waals surface area contributed by atoms with Crippen LogP contribution in [-0.4, -0.2) is 75.6 Å². The van der Waals surface area contributed by atoms with Crippen molar-refractivity contribution in [2.75, 3.05) is 13.1 Å². The fraction of sp³-hybridized carbons (Fsp3) is 0.571. The minimum Gasteiger partial charge on any atom is -0.444 e. The molecule has 3 amide bonds. The molecule has 12 heteroatoms. The van der Waals surface area contributed by atoms with E-state index in [4.69, 9.17) is 4.74 Å². The zero-order valence-electron chi connectivity index (χ0n) is 23.4. The number of ether oxygens (including phenoxy) is 1. The summed E-state index contributed by atoms with van der Waals surface area (Å²) in [6.07, 6.45) is -3.79. The number of carbonyl (C=O) groups excluding carboxylic acids is 3. The highest BCUT2D eigenvalue weighted by Gasteiger charge is 2.48. The number of alkyl halides is 3. The number of amides is 3. The summed E-state index contributed by atoms with van der Waals surface area (Å²) in [6.45, 7) is 12.1. The van der Waals surface area contributed by atoms with E-state index < -0.39 is 65.6 Å². The second-order valence-corrected chi connectivity index (χ2v) is 11.0. The van der Waals surface area contributed by atoms with Gasteiger partial charge in [-0.05, 0) is 59.1 Å². The second kappa shape index (κ2) is 11.9. The van der Waals surface area contributed by atoms with Crippen molar-refractivity contribution >= 4 is 17.9 Å². The minimum atomic E-state index is -4.62. The van der Waals surface area contributed by atoms with Crippen LogP contribution < -0.4 is 5.32 Å². The molecule has 9 nitrogen and oxygen atoms in total. The van der Waals surface area contributed by atoms with E-state index in [1.807, 2.05) is 0 Å². The Bertz CT molecular complexity index is 1180. The smallest absolute Gasteiger partial charge is 0.416 e. The first kappa shape index (κ1) is 30.9. The molecule has 0 radical (unpaired) electrons. The van der Waals surface area contributed by atoms with Gasteiger partial charge in [0.15, 0.2) is 0 Å². The molecule has 3 rings (SSSR count). The molecule has 1 N–H and O–H groups in total. The summed E-state index contributed by atoms with van der Waals surface area (Å²) >= 11 is 0. The first-order chi connectivity index (χ1) is 18.6. The van der Waals surface area contributed by atoms with Crippen molar-refractivity contribution in [3.8, 4) is 6.07 Å². The van der Waals surface area contributed by atoms with Gasteiger partial charge in [-0.15, -0.1) is 0 Å². The zero-order chi connectivity index (χ0) is 30.0. The molecule has 0 saturated carbocycles. The maximum atomic E-state index is 13.8. The number of nitrogens with zero attached hydrogens (tertiary/aromatic N) is 4. The molecule has 2 saturated heterocycles. The van der Waals surface area contributed by atoms with Crippen LogP contribution in [-0.2, 0) is 20.5 Å². The fourth-order valence-corrected chi connectivity index (χ4v) is 5.29. The molecule has 218 valence electrons. The monoisotopic (exact) mass is 563 g/mol. The Morgan fingerprint density at radius 1 is 1.27 bits per heavy atom. The van der Waals surface area contributed by atoms with Gasteiger partial charge in [-0.1, -0.05) is 30.9 Å². The number of nitriles is 1. The number of carbonyl (C=O) groups is 3. The minimum absolute atomic E-state index is 0.0716. The standard InChI is InChI=1S/C28H36F3N5O4/c1-7-23-35(18(3)24(37)36(23)17(2)20-12-8-9-13-21(20)28(29,30)31)16-22(33-26(39)40-27(4,5)6)25(38)34-14-10-11-19(34)15-32/h7-9,12-13,17-19,22-23H,1,10-11,14,16H2,2-6H3,(H,33,39)/t17-,18-,19?,22-,23?/m0/s1. The van der Waals surface area contributed by atoms with Gasteiger partial charge >= 0.3 is 12.3 Å². The normalized spacial score (nSPS) is 23.5. The first-order valence-corrected chi connectivity index (χ1v) is 13.2. The van der Waals surface area contributed by atoms with Gasteiger partial charge in [-0.3, -0.25) is 14.5 Å². The second-order valence-electron chi connectivity index (χ2n) is 11.0. The first-order valence-electron chi connectivity index (χ1n) is 13.2. The Morgan fingerprint density at radius 3 is 2.50 bits per heavy atom. The van der Waals surface area contributed by atoms with Crippen molar-refractivity contribution in [1.82, 2.24) is 20.0 Å². The van der Waals surface area contributed by atoms with Crippen LogP contribution >= 0.6 is 0 Å². The molecule has 2 aliphatic rings. The van der Waals surface area contributed by atoms with E-state index in [0.717, 1.165) is 6.07 Å². The number of hydrogen-bond acceptors (Lipinski definition) is 6. The van der Waals surface area contributed by atoms with Crippen molar-refractivity contribution < 1.29 is 32.3 Å². The number of halogens is 3. The average molecular weight is 564 g/mol. The molecule has 0 bridgehead atoms. The number of alkyl carbamates (subject to hydrolysis) is 1. The van der Waals surface area contributed by atoms with Gasteiger partial charge in [0.05, 0.1) is 23.7 Å². The lowest BCUT2D eigenvalue weighted by atomic mass is 9.99. The maximum Gasteiger partial charge on any atom is 0.416 e. The fourth-order valence-electron chi connectivity index (χ4n) is 5.29. The average Bonchev–Trinajstić information content (AvgIpc) is 3.44. The van der Waals surface area contributed by atoms with E-state index in [2.05, 4.69) is 18.0 Å². The van der Waals surface area contributed by atoms with E-state index in [0.29, 0.717) is 19.4 Å². The third-order valence-electron chi connectivity index (χ3n) is 7.15. The highest BCUT2D eigenvalue weighted by atomic mass is 19.4. The van der Waals surface area contributed by atoms with Crippen molar-refractivity contribution in [1.29, 1.82) is 5.26 Å². The highest BCUT2D eigenvalue weighted by molar-refractivity contribution is 5.88. The van der Waals surface area contributed by atoms with E-state index in [9.17, 15) is 32.8 Å². The Morgan fingerprint density at radius 2 is 1.93 bits per heavy atom. The van der Waals surface area contributed by atoms with Crippen molar-refractivity contribution in [2.24, 2.45) is 0 Å². The highest BCUT2D eigenvalue weighted by Crippen LogP contribution is 2.39. The third-order valence-corrected chi connectivity index (χ3v) is 7.15. The summed E-state index contributed by atoms with van der Waals surface area (Å²) in [5, 5.41) is 12.1. The largest absolute Gasteiger partial charge is 0.444 e. The van der Waals surface area contributed by atoms with Crippen LogP contribution in [0.25, 0.3) is 0 Å². The number of rotatable bonds is 7. The van der Waals surface area contributed by atoms with Gasteiger partial charge in [0.2, 0.25) is 11.8 Å². The lowest BCUT2D eigenvalue weighted by molar-refractivity contribution is -0.140. The van der Waals surface area contributed by atoms with E-state index in [1.165, 1.54) is 41.0 Å². The maximum absolute atomic E-state index is 13.8. The van der Waals surface area contributed by atoms with Crippen molar-refractivity contribution in [3.63, 3.8) is 0 Å². The van der Waals surface area contributed by atoms with E-state index in [1.54, 1.807) is 32.6 Å². The van der Waals surface area contributed by atoms with Gasteiger partial charge in [0.25, 0.3) is 0 Å². The van der Waals surface area contributed by atoms with Crippen LogP contribution in [0.3, 0.4) is 0 Å². The Labute approximate surface area is 232 Å². The summed E-state index contributed by atoms with van der Waals surface area (Å²) in [5.74, 6) is -0.958. The molecular weight excluding hydrogens is 527 g/mol. The van der Waals surface area contributed by atoms with Gasteiger partial charge in [0, 0.05) is 13.1 Å². The summed E-state index contributed by atoms with van der Waals surface area (Å²) in [4.78, 5) is 44.1. The van der Waals surface area contributed by atoms with Gasteiger partial charge < -0.3 is 19.9 Å². The van der Waals surface area contributed by atoms with Crippen LogP contribution in [0.2, 0.25) is 0 Å². The van der Waals surface area contributed by atoms with Gasteiger partial charge in [-0.2, -0.15) is 18.4 Å². The van der Waals surface area contributed by atoms with Gasteiger partial charge in [-0.25, -0.2) is 4.79 Å². The SMILES string of the molecule is C=CC1N(C[C@H](NC(=O)OC(C)(C)C)C(=O)N2CCCC2C#N)[C@@H](C)C(=O)N1[C@@H](C)c1ccccc1C(F)(F)F. The predicted molar refractivity (Wildman–Crippen MR) is 140 cm³/mol. The predicted octanol–water partition coefficient (Wildman–Crippen LogP) is 4.22. The molecule has 0 aromatic heterocycles. The molecule has 0 spiro atoms. The molecule has 1 aromatic rings. The van der Waals surface area contributed by atoms with E-state index >= 15 is 0 Å². The quantitative estimate of drug-likeness (QED) is 0.498. The molecular formula is C28H36F3N5O4. The summed E-state index contributed by atoms with van der Waals surface area (Å²) in [5.41, 5.74) is -1.77. The van der Waals surface area contributed by atoms with Crippen LogP contribution in [0.4, 0.5) is 18.0 Å². The van der Waals surface area contributed by atoms with Crippen LogP contribution in [0.15, 0.2) is 36.9 Å². The Kier molecular flexibility index (Phi) is 9.19. The van der Waals surface area contributed by atoms with Crippen LogP contribution in [0, 0.1) is 11.3 Å². The number of nitrogens with one attached hydrogen (secondary N) is 1. The Hall–Kier alpha value is -3.59. The number of hydrogen-bond donors (Lipinski definition) is 1. The summed E-state index contributed by atoms with van der Waals surface area (Å²) in [7, 11) is 0. The molecule has 1 aromatic carbocycles. The molecule has 2 aliphatic heterocycles. The van der Waals surface area contributed by atoms with Crippen molar-refractivity contribution in [3.05, 3.63) is 48.0 Å². The molecule has 2 heterocycles. The van der Waals surface area contributed by atoms with Crippen LogP contribution in [0.5, 0.6) is 0 Å². The molecule has 2 unspecified atom stereocenters. The number of likely N-dealkylation sites (tertiary alicyclic amines) is 1. The van der Waals surface area contributed by atoms with Crippen LogP contribution in [0.1, 0.15) is 64.6 Å². The summed E-state index contributed by atoms with van der Waals surface area (Å²) < 4.78 is 46.7. The van der Waals surface area contributed by atoms with E-state index in [-0.39, 0.29) is 12.1 Å². The molecule has 0 aliphatic carbocycles. The van der Waals surface area contributed by atoms with Gasteiger partial charge in [0.1, 0.15) is 23.9 Å². The zero-order valence-corrected chi connectivity index (χ0v) is 23.4. The topological polar surface area (TPSA) is 106 Å².